The molecule has 0 N–H and O–H groups in total. The lowest BCUT2D eigenvalue weighted by atomic mass is 9.98. The topological polar surface area (TPSA) is 60.4 Å². The zero-order chi connectivity index (χ0) is 15.7. The van der Waals surface area contributed by atoms with Crippen molar-refractivity contribution in [2.24, 2.45) is 0 Å². The molecule has 23 heavy (non-hydrogen) atoms. The zero-order valence-electron chi connectivity index (χ0n) is 12.6. The van der Waals surface area contributed by atoms with Gasteiger partial charge in [0.2, 0.25) is 11.8 Å². The highest BCUT2D eigenvalue weighted by Gasteiger charge is 2.47. The second kappa shape index (κ2) is 5.73. The van der Waals surface area contributed by atoms with Gasteiger partial charge in [-0.15, -0.1) is 0 Å². The van der Waals surface area contributed by atoms with Gasteiger partial charge in [0, 0.05) is 25.2 Å². The van der Waals surface area contributed by atoms with Crippen molar-refractivity contribution in [3.63, 3.8) is 0 Å². The molecule has 0 aliphatic carbocycles. The summed E-state index contributed by atoms with van der Waals surface area (Å²) < 4.78 is 24.9. The molecule has 2 aromatic rings. The fourth-order valence-electron chi connectivity index (χ4n) is 3.23. The number of rotatable bonds is 3. The first-order valence-electron chi connectivity index (χ1n) is 7.67. The van der Waals surface area contributed by atoms with Crippen molar-refractivity contribution in [3.8, 4) is 5.88 Å². The maximum atomic E-state index is 12.9. The highest BCUT2D eigenvalue weighted by molar-refractivity contribution is 5.33. The maximum absolute atomic E-state index is 12.9. The summed E-state index contributed by atoms with van der Waals surface area (Å²) in [5, 5.41) is 0. The standard InChI is InChI=1S/C16H17FN4O2/c17-12-8-19-15(20-9-12)21-6-4-16(11-21)7-13(10-22-16)23-14-3-1-2-5-18-14/h1-3,5,8-9,13H,4,6-7,10-11H2/t13-,16-/m0/s1. The number of hydrogen-bond acceptors (Lipinski definition) is 6. The van der Waals surface area contributed by atoms with Crippen LogP contribution in [-0.2, 0) is 4.74 Å². The van der Waals surface area contributed by atoms with E-state index < -0.39 is 5.82 Å². The Balaban J connectivity index is 1.40. The molecule has 2 fully saturated rings. The number of pyridine rings is 1. The van der Waals surface area contributed by atoms with Crippen LogP contribution in [-0.4, -0.2) is 46.4 Å². The average Bonchev–Trinajstić information content (AvgIpc) is 3.16. The molecule has 7 heteroatoms. The van der Waals surface area contributed by atoms with E-state index in [-0.39, 0.29) is 11.7 Å². The number of halogens is 1. The number of nitrogens with zero attached hydrogens (tertiary/aromatic N) is 4. The van der Waals surface area contributed by atoms with E-state index in [1.54, 1.807) is 6.20 Å². The van der Waals surface area contributed by atoms with Crippen molar-refractivity contribution in [3.05, 3.63) is 42.6 Å². The quantitative estimate of drug-likeness (QED) is 0.861. The van der Waals surface area contributed by atoms with Crippen LogP contribution in [0.3, 0.4) is 0 Å². The van der Waals surface area contributed by atoms with Gasteiger partial charge < -0.3 is 14.4 Å². The summed E-state index contributed by atoms with van der Waals surface area (Å²) in [6.45, 7) is 2.04. The van der Waals surface area contributed by atoms with Crippen molar-refractivity contribution < 1.29 is 13.9 Å². The third kappa shape index (κ3) is 2.96. The van der Waals surface area contributed by atoms with Crippen LogP contribution in [0, 0.1) is 5.82 Å². The first kappa shape index (κ1) is 14.3. The van der Waals surface area contributed by atoms with Gasteiger partial charge in [-0.1, -0.05) is 6.07 Å². The van der Waals surface area contributed by atoms with Crippen molar-refractivity contribution in [1.82, 2.24) is 15.0 Å². The normalized spacial score (nSPS) is 26.8. The van der Waals surface area contributed by atoms with E-state index in [1.807, 2.05) is 23.1 Å². The zero-order valence-corrected chi connectivity index (χ0v) is 12.6. The lowest BCUT2D eigenvalue weighted by Crippen LogP contribution is -2.34. The Morgan fingerprint density at radius 1 is 1.26 bits per heavy atom. The summed E-state index contributed by atoms with van der Waals surface area (Å²) in [4.78, 5) is 14.3. The number of aromatic nitrogens is 3. The molecule has 0 aromatic carbocycles. The summed E-state index contributed by atoms with van der Waals surface area (Å²) in [5.41, 5.74) is -0.239. The molecular weight excluding hydrogens is 299 g/mol. The summed E-state index contributed by atoms with van der Waals surface area (Å²) in [7, 11) is 0. The molecule has 2 aromatic heterocycles. The molecule has 2 aliphatic heterocycles. The first-order valence-corrected chi connectivity index (χ1v) is 7.67. The minimum absolute atomic E-state index is 0.000939. The minimum Gasteiger partial charge on any atom is -0.472 e. The molecule has 0 amide bonds. The van der Waals surface area contributed by atoms with E-state index in [0.717, 1.165) is 19.4 Å². The van der Waals surface area contributed by atoms with Crippen LogP contribution in [0.2, 0.25) is 0 Å². The molecule has 2 aliphatic rings. The predicted octanol–water partition coefficient (Wildman–Crippen LogP) is 1.83. The monoisotopic (exact) mass is 316 g/mol. The van der Waals surface area contributed by atoms with Crippen LogP contribution in [0.1, 0.15) is 12.8 Å². The molecule has 2 atom stereocenters. The molecular formula is C16H17FN4O2. The van der Waals surface area contributed by atoms with Crippen molar-refractivity contribution in [1.29, 1.82) is 0 Å². The summed E-state index contributed by atoms with van der Waals surface area (Å²) in [5.74, 6) is 0.736. The van der Waals surface area contributed by atoms with E-state index in [2.05, 4.69) is 15.0 Å². The summed E-state index contributed by atoms with van der Waals surface area (Å²) in [6, 6.07) is 5.60. The fraction of sp³-hybridized carbons (Fsp3) is 0.438. The van der Waals surface area contributed by atoms with Crippen LogP contribution in [0.25, 0.3) is 0 Å². The average molecular weight is 316 g/mol. The Morgan fingerprint density at radius 2 is 2.13 bits per heavy atom. The van der Waals surface area contributed by atoms with Gasteiger partial charge in [-0.2, -0.15) is 0 Å². The molecule has 0 radical (unpaired) electrons. The summed E-state index contributed by atoms with van der Waals surface area (Å²) >= 11 is 0. The Hall–Kier alpha value is -2.28. The Labute approximate surface area is 133 Å². The molecule has 0 bridgehead atoms. The lowest BCUT2D eigenvalue weighted by molar-refractivity contribution is 0.0193. The van der Waals surface area contributed by atoms with Gasteiger partial charge in [-0.05, 0) is 12.5 Å². The molecule has 120 valence electrons. The van der Waals surface area contributed by atoms with Crippen molar-refractivity contribution >= 4 is 5.95 Å². The second-order valence-corrected chi connectivity index (χ2v) is 5.98. The molecule has 4 heterocycles. The highest BCUT2D eigenvalue weighted by Crippen LogP contribution is 2.37. The molecule has 2 saturated heterocycles. The third-order valence-electron chi connectivity index (χ3n) is 4.31. The van der Waals surface area contributed by atoms with Crippen molar-refractivity contribution in [2.45, 2.75) is 24.5 Å². The predicted molar refractivity (Wildman–Crippen MR) is 80.8 cm³/mol. The largest absolute Gasteiger partial charge is 0.472 e. The van der Waals surface area contributed by atoms with Crippen LogP contribution in [0.4, 0.5) is 10.3 Å². The van der Waals surface area contributed by atoms with Gasteiger partial charge in [0.25, 0.3) is 0 Å². The summed E-state index contributed by atoms with van der Waals surface area (Å²) in [6.07, 6.45) is 5.78. The maximum Gasteiger partial charge on any atom is 0.225 e. The van der Waals surface area contributed by atoms with Crippen LogP contribution < -0.4 is 9.64 Å². The minimum atomic E-state index is -0.427. The lowest BCUT2D eigenvalue weighted by Gasteiger charge is -2.23. The van der Waals surface area contributed by atoms with Crippen LogP contribution in [0.5, 0.6) is 5.88 Å². The SMILES string of the molecule is Fc1cnc(N2CC[C@]3(C[C@H](Oc4ccccn4)CO3)C2)nc1. The fourth-order valence-corrected chi connectivity index (χ4v) is 3.23. The van der Waals surface area contributed by atoms with E-state index in [0.29, 0.717) is 25.0 Å². The number of hydrogen-bond donors (Lipinski definition) is 0. The van der Waals surface area contributed by atoms with E-state index in [1.165, 1.54) is 12.4 Å². The molecule has 4 rings (SSSR count). The number of anilines is 1. The van der Waals surface area contributed by atoms with Gasteiger partial charge in [-0.25, -0.2) is 19.3 Å². The Bertz CT molecular complexity index is 670. The van der Waals surface area contributed by atoms with E-state index in [4.69, 9.17) is 9.47 Å². The molecule has 0 saturated carbocycles. The smallest absolute Gasteiger partial charge is 0.225 e. The van der Waals surface area contributed by atoms with Crippen molar-refractivity contribution in [2.75, 3.05) is 24.6 Å². The molecule has 6 nitrogen and oxygen atoms in total. The Morgan fingerprint density at radius 3 is 2.91 bits per heavy atom. The van der Waals surface area contributed by atoms with Crippen LogP contribution in [0.15, 0.2) is 36.8 Å². The second-order valence-electron chi connectivity index (χ2n) is 5.98. The van der Waals surface area contributed by atoms with E-state index in [9.17, 15) is 4.39 Å². The highest BCUT2D eigenvalue weighted by atomic mass is 19.1. The first-order chi connectivity index (χ1) is 11.2. The van der Waals surface area contributed by atoms with Gasteiger partial charge in [0.15, 0.2) is 5.82 Å². The third-order valence-corrected chi connectivity index (χ3v) is 4.31. The molecule has 1 spiro atoms. The Kier molecular flexibility index (Phi) is 3.57. The molecule has 0 unspecified atom stereocenters. The van der Waals surface area contributed by atoms with Crippen LogP contribution >= 0.6 is 0 Å². The van der Waals surface area contributed by atoms with E-state index >= 15 is 0 Å². The van der Waals surface area contributed by atoms with Gasteiger partial charge in [0.05, 0.1) is 31.1 Å². The number of ether oxygens (including phenoxy) is 2. The van der Waals surface area contributed by atoms with Gasteiger partial charge in [0.1, 0.15) is 6.10 Å². The van der Waals surface area contributed by atoms with Gasteiger partial charge in [-0.3, -0.25) is 0 Å². The van der Waals surface area contributed by atoms with Gasteiger partial charge >= 0.3 is 0 Å².